The van der Waals surface area contributed by atoms with Crippen LogP contribution in [0.4, 0.5) is 5.69 Å². The van der Waals surface area contributed by atoms with Crippen LogP contribution in [0.15, 0.2) is 57.7 Å². The molecule has 0 aliphatic heterocycles. The van der Waals surface area contributed by atoms with Crippen LogP contribution in [0.2, 0.25) is 0 Å². The van der Waals surface area contributed by atoms with Gasteiger partial charge in [-0.25, -0.2) is 4.98 Å². The zero-order chi connectivity index (χ0) is 19.2. The van der Waals surface area contributed by atoms with Crippen molar-refractivity contribution in [3.8, 4) is 0 Å². The average Bonchev–Trinajstić information content (AvgIpc) is 3.01. The molecule has 2 aromatic heterocycles. The molecule has 0 spiro atoms. The summed E-state index contributed by atoms with van der Waals surface area (Å²) in [6, 6.07) is 16.1. The first-order chi connectivity index (χ1) is 12.8. The molecule has 0 saturated heterocycles. The molecule has 0 bridgehead atoms. The van der Waals surface area contributed by atoms with E-state index in [1.807, 2.05) is 31.3 Å². The van der Waals surface area contributed by atoms with Crippen molar-refractivity contribution in [3.63, 3.8) is 0 Å². The second kappa shape index (κ2) is 6.27. The van der Waals surface area contributed by atoms with E-state index in [4.69, 9.17) is 4.42 Å². The highest BCUT2D eigenvalue weighted by Gasteiger charge is 2.15. The SMILES string of the molecule is CN(Cc1nc2c(oc3ccccc32)c(=O)[nH]1)c1ccc(C(C)(C)C)cc1. The van der Waals surface area contributed by atoms with Gasteiger partial charge < -0.3 is 14.3 Å². The maximum Gasteiger partial charge on any atom is 0.294 e. The third kappa shape index (κ3) is 3.21. The summed E-state index contributed by atoms with van der Waals surface area (Å²) < 4.78 is 5.65. The molecule has 0 amide bonds. The molecule has 0 fully saturated rings. The van der Waals surface area contributed by atoms with Crippen LogP contribution < -0.4 is 10.5 Å². The summed E-state index contributed by atoms with van der Waals surface area (Å²) in [6.07, 6.45) is 0. The standard InChI is InChI=1S/C22H23N3O2/c1-22(2,3)14-9-11-15(12-10-14)25(4)13-18-23-19-16-7-5-6-8-17(16)27-20(19)21(26)24-18/h5-12H,13H2,1-4H3,(H,23,24,26). The van der Waals surface area contributed by atoms with E-state index >= 15 is 0 Å². The summed E-state index contributed by atoms with van der Waals surface area (Å²) in [4.78, 5) is 22.0. The Morgan fingerprint density at radius 1 is 1.07 bits per heavy atom. The van der Waals surface area contributed by atoms with E-state index in [1.54, 1.807) is 0 Å². The van der Waals surface area contributed by atoms with E-state index in [0.29, 0.717) is 23.5 Å². The summed E-state index contributed by atoms with van der Waals surface area (Å²) >= 11 is 0. The van der Waals surface area contributed by atoms with Crippen molar-refractivity contribution in [2.24, 2.45) is 0 Å². The Labute approximate surface area is 157 Å². The molecule has 0 radical (unpaired) electrons. The lowest BCUT2D eigenvalue weighted by atomic mass is 9.87. The van der Waals surface area contributed by atoms with Crippen molar-refractivity contribution in [3.05, 3.63) is 70.3 Å². The fourth-order valence-electron chi connectivity index (χ4n) is 3.25. The minimum absolute atomic E-state index is 0.122. The predicted octanol–water partition coefficient (Wildman–Crippen LogP) is 4.60. The van der Waals surface area contributed by atoms with Gasteiger partial charge in [0.05, 0.1) is 6.54 Å². The van der Waals surface area contributed by atoms with Gasteiger partial charge in [0.1, 0.15) is 16.9 Å². The molecule has 2 aromatic carbocycles. The number of benzene rings is 2. The maximum atomic E-state index is 12.4. The first-order valence-electron chi connectivity index (χ1n) is 9.05. The van der Waals surface area contributed by atoms with Gasteiger partial charge in [-0.15, -0.1) is 0 Å². The Hall–Kier alpha value is -3.08. The average molecular weight is 361 g/mol. The molecule has 5 heteroatoms. The maximum absolute atomic E-state index is 12.4. The lowest BCUT2D eigenvalue weighted by molar-refractivity contribution is 0.590. The summed E-state index contributed by atoms with van der Waals surface area (Å²) in [5.41, 5.74) is 3.80. The number of H-pyrrole nitrogens is 1. The minimum atomic E-state index is -0.248. The van der Waals surface area contributed by atoms with Crippen molar-refractivity contribution in [2.75, 3.05) is 11.9 Å². The topological polar surface area (TPSA) is 62.1 Å². The number of fused-ring (bicyclic) bond motifs is 3. The molecule has 0 saturated carbocycles. The molecule has 0 aliphatic carbocycles. The second-order valence-corrected chi connectivity index (χ2v) is 7.94. The van der Waals surface area contributed by atoms with E-state index in [1.165, 1.54) is 5.56 Å². The van der Waals surface area contributed by atoms with Gasteiger partial charge in [-0.3, -0.25) is 4.79 Å². The van der Waals surface area contributed by atoms with Crippen molar-refractivity contribution in [2.45, 2.75) is 32.7 Å². The van der Waals surface area contributed by atoms with Gasteiger partial charge in [-0.1, -0.05) is 45.0 Å². The zero-order valence-electron chi connectivity index (χ0n) is 16.0. The van der Waals surface area contributed by atoms with Crippen LogP contribution in [0.1, 0.15) is 32.2 Å². The van der Waals surface area contributed by atoms with Crippen LogP contribution in [-0.2, 0) is 12.0 Å². The van der Waals surface area contributed by atoms with Crippen LogP contribution in [0.5, 0.6) is 0 Å². The molecule has 2 heterocycles. The van der Waals surface area contributed by atoms with Crippen molar-refractivity contribution >= 4 is 27.8 Å². The molecule has 0 unspecified atom stereocenters. The molecule has 0 atom stereocenters. The molecule has 0 aliphatic rings. The molecule has 27 heavy (non-hydrogen) atoms. The van der Waals surface area contributed by atoms with Gasteiger partial charge in [0.2, 0.25) is 5.58 Å². The van der Waals surface area contributed by atoms with Gasteiger partial charge in [-0.2, -0.15) is 0 Å². The summed E-state index contributed by atoms with van der Waals surface area (Å²) in [7, 11) is 1.99. The van der Waals surface area contributed by atoms with E-state index in [-0.39, 0.29) is 16.6 Å². The fraction of sp³-hybridized carbons (Fsp3) is 0.273. The largest absolute Gasteiger partial charge is 0.449 e. The fourth-order valence-corrected chi connectivity index (χ4v) is 3.25. The monoisotopic (exact) mass is 361 g/mol. The van der Waals surface area contributed by atoms with Crippen LogP contribution in [-0.4, -0.2) is 17.0 Å². The highest BCUT2D eigenvalue weighted by molar-refractivity contribution is 6.01. The minimum Gasteiger partial charge on any atom is -0.449 e. The second-order valence-electron chi connectivity index (χ2n) is 7.94. The van der Waals surface area contributed by atoms with E-state index in [9.17, 15) is 4.79 Å². The number of furan rings is 1. The quantitative estimate of drug-likeness (QED) is 0.579. The van der Waals surface area contributed by atoms with E-state index in [2.05, 4.69) is 59.9 Å². The first-order valence-corrected chi connectivity index (χ1v) is 9.05. The van der Waals surface area contributed by atoms with E-state index in [0.717, 1.165) is 11.1 Å². The molecule has 1 N–H and O–H groups in total. The Morgan fingerprint density at radius 3 is 2.48 bits per heavy atom. The zero-order valence-corrected chi connectivity index (χ0v) is 16.0. The number of aromatic nitrogens is 2. The molecular formula is C22H23N3O2. The number of hydrogen-bond donors (Lipinski definition) is 1. The number of rotatable bonds is 3. The number of aromatic amines is 1. The summed E-state index contributed by atoms with van der Waals surface area (Å²) in [5.74, 6) is 0.612. The molecule has 4 rings (SSSR count). The van der Waals surface area contributed by atoms with Crippen LogP contribution in [0.3, 0.4) is 0 Å². The highest BCUT2D eigenvalue weighted by Crippen LogP contribution is 2.26. The lowest BCUT2D eigenvalue weighted by Gasteiger charge is -2.22. The summed E-state index contributed by atoms with van der Waals surface area (Å²) in [5, 5.41) is 0.858. The lowest BCUT2D eigenvalue weighted by Crippen LogP contribution is -2.21. The Morgan fingerprint density at radius 2 is 1.78 bits per heavy atom. The van der Waals surface area contributed by atoms with Gasteiger partial charge in [0.15, 0.2) is 0 Å². The normalized spacial score (nSPS) is 12.0. The van der Waals surface area contributed by atoms with Gasteiger partial charge >= 0.3 is 0 Å². The van der Waals surface area contributed by atoms with Crippen LogP contribution in [0, 0.1) is 0 Å². The van der Waals surface area contributed by atoms with Crippen molar-refractivity contribution < 1.29 is 4.42 Å². The van der Waals surface area contributed by atoms with Crippen molar-refractivity contribution in [1.82, 2.24) is 9.97 Å². The smallest absolute Gasteiger partial charge is 0.294 e. The Bertz CT molecular complexity index is 1160. The first kappa shape index (κ1) is 17.3. The Kier molecular flexibility index (Phi) is 4.02. The third-order valence-corrected chi connectivity index (χ3v) is 4.84. The Balaban J connectivity index is 1.66. The third-order valence-electron chi connectivity index (χ3n) is 4.84. The highest BCUT2D eigenvalue weighted by atomic mass is 16.3. The van der Waals surface area contributed by atoms with E-state index < -0.39 is 0 Å². The predicted molar refractivity (Wildman–Crippen MR) is 109 cm³/mol. The number of nitrogens with one attached hydrogen (secondary N) is 1. The van der Waals surface area contributed by atoms with Crippen LogP contribution in [0.25, 0.3) is 22.1 Å². The van der Waals surface area contributed by atoms with Crippen molar-refractivity contribution in [1.29, 1.82) is 0 Å². The molecule has 138 valence electrons. The molecule has 5 nitrogen and oxygen atoms in total. The molecule has 4 aromatic rings. The van der Waals surface area contributed by atoms with Gasteiger partial charge in [0, 0.05) is 18.1 Å². The van der Waals surface area contributed by atoms with Gasteiger partial charge in [-0.05, 0) is 35.2 Å². The van der Waals surface area contributed by atoms with Crippen LogP contribution >= 0.6 is 0 Å². The number of anilines is 1. The molecular weight excluding hydrogens is 338 g/mol. The number of nitrogens with zero attached hydrogens (tertiary/aromatic N) is 2. The summed E-state index contributed by atoms with van der Waals surface area (Å²) in [6.45, 7) is 7.10. The number of para-hydroxylation sites is 1. The van der Waals surface area contributed by atoms with Gasteiger partial charge in [0.25, 0.3) is 5.56 Å². The number of hydrogen-bond acceptors (Lipinski definition) is 4.